The summed E-state index contributed by atoms with van der Waals surface area (Å²) in [6.07, 6.45) is 3.73. The number of benzene rings is 1. The summed E-state index contributed by atoms with van der Waals surface area (Å²) in [7, 11) is 0. The van der Waals surface area contributed by atoms with Crippen LogP contribution < -0.4 is 19.5 Å². The van der Waals surface area contributed by atoms with Crippen LogP contribution in [0.15, 0.2) is 40.5 Å². The van der Waals surface area contributed by atoms with Gasteiger partial charge in [-0.1, -0.05) is 6.92 Å². The monoisotopic (exact) mass is 402 g/mol. The third-order valence-corrected chi connectivity index (χ3v) is 5.95. The van der Waals surface area contributed by atoms with E-state index in [4.69, 9.17) is 14.2 Å². The maximum atomic E-state index is 5.95. The Balaban J connectivity index is 1.53. The first-order chi connectivity index (χ1) is 13.3. The molecule has 0 saturated carbocycles. The molecule has 0 unspecified atom stereocenters. The first kappa shape index (κ1) is 18.3. The van der Waals surface area contributed by atoms with Gasteiger partial charge < -0.3 is 19.5 Å². The molecule has 3 heterocycles. The highest BCUT2D eigenvalue weighted by Gasteiger charge is 2.20. The van der Waals surface area contributed by atoms with E-state index in [9.17, 15) is 0 Å². The van der Waals surface area contributed by atoms with Crippen molar-refractivity contribution >= 4 is 22.7 Å². The normalized spacial score (nSPS) is 13.7. The first-order valence-electron chi connectivity index (χ1n) is 9.02. The molecule has 0 bridgehead atoms. The molecule has 0 aliphatic carbocycles. The topological polar surface area (TPSA) is 52.6 Å². The molecule has 0 amide bonds. The van der Waals surface area contributed by atoms with Gasteiger partial charge in [0.15, 0.2) is 11.5 Å². The lowest BCUT2D eigenvalue weighted by atomic mass is 10.1. The standard InChI is InChI=1S/C20H22N2O3S2/c1-2-5-23-17-10-19-18(24-13-25-19)9-15(17)11-22-16(20-21-4-7-27-20)8-14-3-6-26-12-14/h3-4,6-7,9-10,12,16,22H,2,5,8,11,13H2,1H3/t16-/m1/s1. The third-order valence-electron chi connectivity index (χ3n) is 4.33. The minimum absolute atomic E-state index is 0.157. The number of hydrogen-bond donors (Lipinski definition) is 1. The summed E-state index contributed by atoms with van der Waals surface area (Å²) in [5.41, 5.74) is 2.39. The van der Waals surface area contributed by atoms with Crippen molar-refractivity contribution in [1.29, 1.82) is 0 Å². The Morgan fingerprint density at radius 2 is 2.15 bits per heavy atom. The number of fused-ring (bicyclic) bond motifs is 1. The molecule has 1 N–H and O–H groups in total. The molecule has 0 spiro atoms. The highest BCUT2D eigenvalue weighted by Crippen LogP contribution is 2.38. The Kier molecular flexibility index (Phi) is 5.91. The summed E-state index contributed by atoms with van der Waals surface area (Å²) in [4.78, 5) is 4.52. The van der Waals surface area contributed by atoms with Gasteiger partial charge in [-0.15, -0.1) is 11.3 Å². The average molecular weight is 403 g/mol. The molecular formula is C20H22N2O3S2. The van der Waals surface area contributed by atoms with E-state index in [0.29, 0.717) is 13.2 Å². The molecule has 0 saturated heterocycles. The Bertz CT molecular complexity index is 851. The van der Waals surface area contributed by atoms with Crippen molar-refractivity contribution in [1.82, 2.24) is 10.3 Å². The lowest BCUT2D eigenvalue weighted by Crippen LogP contribution is -2.23. The van der Waals surface area contributed by atoms with Crippen molar-refractivity contribution in [2.45, 2.75) is 32.4 Å². The minimum Gasteiger partial charge on any atom is -0.493 e. The quantitative estimate of drug-likeness (QED) is 0.557. The molecule has 7 heteroatoms. The van der Waals surface area contributed by atoms with Gasteiger partial charge in [0.05, 0.1) is 12.6 Å². The van der Waals surface area contributed by atoms with E-state index in [0.717, 1.165) is 40.7 Å². The SMILES string of the molecule is CCCOc1cc2c(cc1CN[C@H](Cc1ccsc1)c1nccs1)OCO2. The molecule has 4 rings (SSSR count). The van der Waals surface area contributed by atoms with Crippen molar-refractivity contribution in [2.75, 3.05) is 13.4 Å². The van der Waals surface area contributed by atoms with E-state index in [1.54, 1.807) is 22.7 Å². The number of nitrogens with zero attached hydrogens (tertiary/aromatic N) is 1. The first-order valence-corrected chi connectivity index (χ1v) is 10.8. The summed E-state index contributed by atoms with van der Waals surface area (Å²) in [6.45, 7) is 3.71. The van der Waals surface area contributed by atoms with Crippen LogP contribution in [0, 0.1) is 0 Å². The summed E-state index contributed by atoms with van der Waals surface area (Å²) >= 11 is 3.40. The van der Waals surface area contributed by atoms with Crippen LogP contribution in [-0.4, -0.2) is 18.4 Å². The predicted octanol–water partition coefficient (Wildman–Crippen LogP) is 4.80. The molecule has 2 aromatic heterocycles. The Labute approximate surface area is 166 Å². The van der Waals surface area contributed by atoms with E-state index >= 15 is 0 Å². The second kappa shape index (κ2) is 8.73. The van der Waals surface area contributed by atoms with Crippen LogP contribution in [0.3, 0.4) is 0 Å². The molecule has 3 aromatic rings. The van der Waals surface area contributed by atoms with Crippen molar-refractivity contribution in [3.05, 3.63) is 56.7 Å². The van der Waals surface area contributed by atoms with Crippen molar-refractivity contribution in [2.24, 2.45) is 0 Å². The fourth-order valence-electron chi connectivity index (χ4n) is 2.98. The van der Waals surface area contributed by atoms with E-state index in [-0.39, 0.29) is 12.8 Å². The number of nitrogens with one attached hydrogen (secondary N) is 1. The highest BCUT2D eigenvalue weighted by atomic mass is 32.1. The fourth-order valence-corrected chi connectivity index (χ4v) is 4.38. The zero-order valence-electron chi connectivity index (χ0n) is 15.1. The van der Waals surface area contributed by atoms with Gasteiger partial charge >= 0.3 is 0 Å². The molecule has 1 aliphatic rings. The lowest BCUT2D eigenvalue weighted by molar-refractivity contribution is 0.173. The molecule has 142 valence electrons. The zero-order valence-corrected chi connectivity index (χ0v) is 16.8. The average Bonchev–Trinajstić information content (AvgIpc) is 3.45. The molecule has 27 heavy (non-hydrogen) atoms. The van der Waals surface area contributed by atoms with Gasteiger partial charge in [0, 0.05) is 29.8 Å². The van der Waals surface area contributed by atoms with Crippen molar-refractivity contribution in [3.8, 4) is 17.2 Å². The third kappa shape index (κ3) is 4.43. The number of thiazole rings is 1. The van der Waals surface area contributed by atoms with Crippen LogP contribution in [0.1, 0.15) is 35.5 Å². The van der Waals surface area contributed by atoms with Gasteiger partial charge in [-0.2, -0.15) is 11.3 Å². The van der Waals surface area contributed by atoms with Gasteiger partial charge in [-0.3, -0.25) is 0 Å². The molecule has 1 aromatic carbocycles. The minimum atomic E-state index is 0.157. The summed E-state index contributed by atoms with van der Waals surface area (Å²) in [5, 5.41) is 11.1. The molecule has 1 aliphatic heterocycles. The fraction of sp³-hybridized carbons (Fsp3) is 0.350. The largest absolute Gasteiger partial charge is 0.493 e. The number of aromatic nitrogens is 1. The second-order valence-electron chi connectivity index (χ2n) is 6.30. The maximum absolute atomic E-state index is 5.95. The number of ether oxygens (including phenoxy) is 3. The van der Waals surface area contributed by atoms with Crippen molar-refractivity contribution in [3.63, 3.8) is 0 Å². The van der Waals surface area contributed by atoms with Crippen molar-refractivity contribution < 1.29 is 14.2 Å². The summed E-state index contributed by atoms with van der Waals surface area (Å²) < 4.78 is 17.0. The number of thiophene rings is 1. The van der Waals surface area contributed by atoms with Crippen LogP contribution >= 0.6 is 22.7 Å². The van der Waals surface area contributed by atoms with Gasteiger partial charge in [-0.05, 0) is 41.3 Å². The van der Waals surface area contributed by atoms with Crippen LogP contribution in [0.4, 0.5) is 0 Å². The van der Waals surface area contributed by atoms with E-state index in [1.807, 2.05) is 23.7 Å². The summed E-state index contributed by atoms with van der Waals surface area (Å²) in [6, 6.07) is 6.28. The molecule has 0 fully saturated rings. The van der Waals surface area contributed by atoms with Gasteiger partial charge in [0.25, 0.3) is 0 Å². The Morgan fingerprint density at radius 1 is 1.26 bits per heavy atom. The second-order valence-corrected chi connectivity index (χ2v) is 8.01. The van der Waals surface area contributed by atoms with Crippen LogP contribution in [-0.2, 0) is 13.0 Å². The Hall–Kier alpha value is -2.09. The van der Waals surface area contributed by atoms with E-state index < -0.39 is 0 Å². The van der Waals surface area contributed by atoms with Gasteiger partial charge in [0.1, 0.15) is 10.8 Å². The Morgan fingerprint density at radius 3 is 2.89 bits per heavy atom. The lowest BCUT2D eigenvalue weighted by Gasteiger charge is -2.18. The number of rotatable bonds is 9. The smallest absolute Gasteiger partial charge is 0.231 e. The molecule has 0 radical (unpaired) electrons. The van der Waals surface area contributed by atoms with Gasteiger partial charge in [-0.25, -0.2) is 4.98 Å². The summed E-state index contributed by atoms with van der Waals surface area (Å²) in [5.74, 6) is 2.38. The molecule has 1 atom stereocenters. The zero-order chi connectivity index (χ0) is 18.5. The van der Waals surface area contributed by atoms with Crippen LogP contribution in [0.25, 0.3) is 0 Å². The predicted molar refractivity (Wildman–Crippen MR) is 108 cm³/mol. The van der Waals surface area contributed by atoms with Crippen LogP contribution in [0.5, 0.6) is 17.2 Å². The number of hydrogen-bond acceptors (Lipinski definition) is 7. The van der Waals surface area contributed by atoms with E-state index in [2.05, 4.69) is 34.1 Å². The van der Waals surface area contributed by atoms with Crippen LogP contribution in [0.2, 0.25) is 0 Å². The van der Waals surface area contributed by atoms with E-state index in [1.165, 1.54) is 5.56 Å². The maximum Gasteiger partial charge on any atom is 0.231 e. The molecular weight excluding hydrogens is 380 g/mol. The molecule has 5 nitrogen and oxygen atoms in total. The van der Waals surface area contributed by atoms with Gasteiger partial charge in [0.2, 0.25) is 6.79 Å². The highest BCUT2D eigenvalue weighted by molar-refractivity contribution is 7.09.